The van der Waals surface area contributed by atoms with Crippen molar-refractivity contribution in [3.63, 3.8) is 0 Å². The number of hydrogen-bond acceptors (Lipinski definition) is 4. The van der Waals surface area contributed by atoms with Crippen LogP contribution in [-0.2, 0) is 4.74 Å². The molecule has 18 heavy (non-hydrogen) atoms. The average Bonchev–Trinajstić information content (AvgIpc) is 2.34. The monoisotopic (exact) mass is 251 g/mol. The summed E-state index contributed by atoms with van der Waals surface area (Å²) < 4.78 is 5.09. The first-order valence-electron chi connectivity index (χ1n) is 6.17. The number of hydrogen-bond donors (Lipinski definition) is 2. The van der Waals surface area contributed by atoms with Gasteiger partial charge >= 0.3 is 6.09 Å². The number of nitrogens with zero attached hydrogens (tertiary/aromatic N) is 1. The number of carbonyl (C=O) groups is 1. The predicted molar refractivity (Wildman–Crippen MR) is 73.6 cm³/mol. The van der Waals surface area contributed by atoms with Gasteiger partial charge in [-0.25, -0.2) is 4.79 Å². The molecule has 0 spiro atoms. The van der Waals surface area contributed by atoms with Gasteiger partial charge in [-0.1, -0.05) is 19.9 Å². The summed E-state index contributed by atoms with van der Waals surface area (Å²) in [5.41, 5.74) is 6.86. The van der Waals surface area contributed by atoms with Gasteiger partial charge in [0.1, 0.15) is 6.61 Å². The average molecular weight is 251 g/mol. The van der Waals surface area contributed by atoms with Crippen molar-refractivity contribution < 1.29 is 9.53 Å². The van der Waals surface area contributed by atoms with Gasteiger partial charge in [-0.05, 0) is 31.3 Å². The fourth-order valence-electron chi connectivity index (χ4n) is 1.58. The number of nitrogens with two attached hydrogens (primary N) is 1. The summed E-state index contributed by atoms with van der Waals surface area (Å²) in [5, 5.41) is 2.63. The van der Waals surface area contributed by atoms with E-state index in [-0.39, 0.29) is 0 Å². The van der Waals surface area contributed by atoms with Gasteiger partial charge in [-0.2, -0.15) is 0 Å². The van der Waals surface area contributed by atoms with E-state index in [4.69, 9.17) is 10.5 Å². The third kappa shape index (κ3) is 5.05. The highest BCUT2D eigenvalue weighted by atomic mass is 16.5. The molecule has 1 aromatic carbocycles. The molecule has 0 aliphatic rings. The highest BCUT2D eigenvalue weighted by Gasteiger charge is 2.04. The maximum atomic E-state index is 11.5. The lowest BCUT2D eigenvalue weighted by atomic mass is 10.3. The molecule has 3 N–H and O–H groups in total. The van der Waals surface area contributed by atoms with E-state index in [1.807, 2.05) is 0 Å². The molecule has 5 heteroatoms. The normalized spacial score (nSPS) is 10.4. The van der Waals surface area contributed by atoms with Gasteiger partial charge in [0.25, 0.3) is 0 Å². The molecule has 1 rings (SSSR count). The second-order valence-electron chi connectivity index (χ2n) is 3.91. The van der Waals surface area contributed by atoms with Crippen LogP contribution in [0.2, 0.25) is 0 Å². The van der Waals surface area contributed by atoms with Crippen LogP contribution in [0, 0.1) is 0 Å². The quantitative estimate of drug-likeness (QED) is 0.760. The minimum absolute atomic E-state index is 0.385. The molecule has 100 valence electrons. The van der Waals surface area contributed by atoms with Crippen molar-refractivity contribution in [1.29, 1.82) is 0 Å². The van der Waals surface area contributed by atoms with Gasteiger partial charge in [-0.3, -0.25) is 5.32 Å². The molecule has 5 nitrogen and oxygen atoms in total. The van der Waals surface area contributed by atoms with E-state index in [9.17, 15) is 4.79 Å². The van der Waals surface area contributed by atoms with Crippen molar-refractivity contribution in [3.8, 4) is 0 Å². The van der Waals surface area contributed by atoms with E-state index >= 15 is 0 Å². The van der Waals surface area contributed by atoms with Crippen molar-refractivity contribution in [1.82, 2.24) is 4.90 Å². The van der Waals surface area contributed by atoms with E-state index < -0.39 is 6.09 Å². The van der Waals surface area contributed by atoms with Gasteiger partial charge in [0.2, 0.25) is 0 Å². The smallest absolute Gasteiger partial charge is 0.411 e. The lowest BCUT2D eigenvalue weighted by molar-refractivity contribution is 0.142. The number of nitrogen functional groups attached to an aromatic ring is 1. The van der Waals surface area contributed by atoms with Crippen LogP contribution in [-0.4, -0.2) is 37.2 Å². The second kappa shape index (κ2) is 7.55. The van der Waals surface area contributed by atoms with Crippen molar-refractivity contribution in [2.75, 3.05) is 37.3 Å². The van der Waals surface area contributed by atoms with Crippen LogP contribution in [0.3, 0.4) is 0 Å². The second-order valence-corrected chi connectivity index (χ2v) is 3.91. The maximum absolute atomic E-state index is 11.5. The molecule has 0 bridgehead atoms. The Balaban J connectivity index is 2.29. The number of ether oxygens (including phenoxy) is 1. The topological polar surface area (TPSA) is 67.6 Å². The summed E-state index contributed by atoms with van der Waals surface area (Å²) in [6, 6.07) is 6.99. The molecule has 0 radical (unpaired) electrons. The number of amides is 1. The minimum Gasteiger partial charge on any atom is -0.448 e. The number of anilines is 2. The van der Waals surface area contributed by atoms with Gasteiger partial charge in [0.15, 0.2) is 0 Å². The van der Waals surface area contributed by atoms with Crippen LogP contribution in [0.4, 0.5) is 16.2 Å². The molecule has 0 unspecified atom stereocenters. The molecular weight excluding hydrogens is 230 g/mol. The molecule has 0 aliphatic carbocycles. The maximum Gasteiger partial charge on any atom is 0.411 e. The first kappa shape index (κ1) is 14.3. The van der Waals surface area contributed by atoms with E-state index in [0.29, 0.717) is 18.0 Å². The summed E-state index contributed by atoms with van der Waals surface area (Å²) in [5.74, 6) is 0. The third-order valence-electron chi connectivity index (χ3n) is 2.67. The first-order chi connectivity index (χ1) is 8.65. The molecule has 0 saturated carbocycles. The Bertz CT molecular complexity index is 378. The number of likely N-dealkylation sites (N-methyl/N-ethyl adjacent to an activating group) is 1. The highest BCUT2D eigenvalue weighted by Crippen LogP contribution is 2.11. The molecule has 0 heterocycles. The Morgan fingerprint density at radius 3 is 2.72 bits per heavy atom. The van der Waals surface area contributed by atoms with E-state index in [1.54, 1.807) is 24.3 Å². The largest absolute Gasteiger partial charge is 0.448 e. The molecular formula is C13H21N3O2. The number of benzene rings is 1. The van der Waals surface area contributed by atoms with E-state index in [0.717, 1.165) is 19.6 Å². The fourth-order valence-corrected chi connectivity index (χ4v) is 1.58. The predicted octanol–water partition coefficient (Wildman–Crippen LogP) is 2.16. The molecule has 0 aromatic heterocycles. The highest BCUT2D eigenvalue weighted by molar-refractivity contribution is 5.85. The first-order valence-corrected chi connectivity index (χ1v) is 6.17. The Morgan fingerprint density at radius 2 is 2.11 bits per heavy atom. The van der Waals surface area contributed by atoms with E-state index in [2.05, 4.69) is 24.1 Å². The number of carbonyl (C=O) groups excluding carboxylic acids is 1. The van der Waals surface area contributed by atoms with Gasteiger partial charge in [-0.15, -0.1) is 0 Å². The van der Waals surface area contributed by atoms with Gasteiger partial charge in [0.05, 0.1) is 0 Å². The van der Waals surface area contributed by atoms with Crippen molar-refractivity contribution >= 4 is 17.5 Å². The van der Waals surface area contributed by atoms with Crippen molar-refractivity contribution in [3.05, 3.63) is 24.3 Å². The van der Waals surface area contributed by atoms with Gasteiger partial charge < -0.3 is 15.4 Å². The summed E-state index contributed by atoms with van der Waals surface area (Å²) in [7, 11) is 0. The zero-order chi connectivity index (χ0) is 13.4. The Morgan fingerprint density at radius 1 is 1.39 bits per heavy atom. The summed E-state index contributed by atoms with van der Waals surface area (Å²) in [6.07, 6.45) is -0.451. The number of nitrogens with one attached hydrogen (secondary N) is 1. The van der Waals surface area contributed by atoms with Crippen LogP contribution in [0.5, 0.6) is 0 Å². The number of rotatable bonds is 6. The minimum atomic E-state index is -0.451. The van der Waals surface area contributed by atoms with Crippen LogP contribution in [0.15, 0.2) is 24.3 Å². The van der Waals surface area contributed by atoms with Crippen molar-refractivity contribution in [2.24, 2.45) is 0 Å². The molecule has 0 fully saturated rings. The molecule has 0 aliphatic heterocycles. The molecule has 1 aromatic rings. The standard InChI is InChI=1S/C13H21N3O2/c1-3-16(4-2)8-9-18-13(17)15-12-7-5-6-11(14)10-12/h5-7,10H,3-4,8-9,14H2,1-2H3,(H,15,17). The van der Waals surface area contributed by atoms with Crippen LogP contribution < -0.4 is 11.1 Å². The summed E-state index contributed by atoms with van der Waals surface area (Å²) in [6.45, 7) is 7.20. The van der Waals surface area contributed by atoms with Crippen LogP contribution >= 0.6 is 0 Å². The summed E-state index contributed by atoms with van der Waals surface area (Å²) >= 11 is 0. The zero-order valence-electron chi connectivity index (χ0n) is 11.0. The zero-order valence-corrected chi connectivity index (χ0v) is 11.0. The Labute approximate surface area is 108 Å². The van der Waals surface area contributed by atoms with E-state index in [1.165, 1.54) is 0 Å². The molecule has 1 amide bonds. The fraction of sp³-hybridized carbons (Fsp3) is 0.462. The van der Waals surface area contributed by atoms with Crippen LogP contribution in [0.1, 0.15) is 13.8 Å². The SMILES string of the molecule is CCN(CC)CCOC(=O)Nc1cccc(N)c1. The third-order valence-corrected chi connectivity index (χ3v) is 2.67. The lowest BCUT2D eigenvalue weighted by Crippen LogP contribution is -2.28. The van der Waals surface area contributed by atoms with Crippen LogP contribution in [0.25, 0.3) is 0 Å². The van der Waals surface area contributed by atoms with Crippen molar-refractivity contribution in [2.45, 2.75) is 13.8 Å². The Kier molecular flexibility index (Phi) is 6.00. The molecule has 0 atom stereocenters. The summed E-state index contributed by atoms with van der Waals surface area (Å²) in [4.78, 5) is 13.7. The van der Waals surface area contributed by atoms with Gasteiger partial charge in [0, 0.05) is 17.9 Å². The Hall–Kier alpha value is -1.75. The lowest BCUT2D eigenvalue weighted by Gasteiger charge is -2.17. The molecule has 0 saturated heterocycles.